The van der Waals surface area contributed by atoms with Crippen molar-refractivity contribution in [3.63, 3.8) is 0 Å². The molecule has 1 heterocycles. The van der Waals surface area contributed by atoms with Crippen LogP contribution in [-0.4, -0.2) is 44.1 Å². The molecule has 2 aromatic rings. The number of ketones is 1. The van der Waals surface area contributed by atoms with Crippen molar-refractivity contribution in [2.75, 3.05) is 32.3 Å². The fourth-order valence-corrected chi connectivity index (χ4v) is 5.98. The highest BCUT2D eigenvalue weighted by atomic mass is 79.9. The van der Waals surface area contributed by atoms with E-state index in [-0.39, 0.29) is 29.2 Å². The number of allylic oxidation sites excluding steroid dienone is 3. The van der Waals surface area contributed by atoms with Crippen LogP contribution in [0.5, 0.6) is 11.5 Å². The lowest BCUT2D eigenvalue weighted by Crippen LogP contribution is -2.36. The van der Waals surface area contributed by atoms with Crippen molar-refractivity contribution < 1.29 is 28.2 Å². The summed E-state index contributed by atoms with van der Waals surface area (Å²) in [6.45, 7) is 4.14. The summed E-state index contributed by atoms with van der Waals surface area (Å²) in [6, 6.07) is 10.3. The SMILES string of the molecule is CCSCCOC(=O)C1=C(C)NC2=C(C(=O)CC(c3ccc(OC)c(OC)c3)C2)C1c1ccc(F)c(Br)c1. The first-order valence-corrected chi connectivity index (χ1v) is 14.4. The van der Waals surface area contributed by atoms with E-state index >= 15 is 0 Å². The molecule has 0 saturated carbocycles. The molecule has 0 saturated heterocycles. The molecule has 38 heavy (non-hydrogen) atoms. The number of carbonyl (C=O) groups is 2. The van der Waals surface area contributed by atoms with Crippen LogP contribution >= 0.6 is 27.7 Å². The molecule has 2 atom stereocenters. The van der Waals surface area contributed by atoms with Crippen molar-refractivity contribution in [1.82, 2.24) is 5.32 Å². The van der Waals surface area contributed by atoms with Crippen molar-refractivity contribution in [3.05, 3.63) is 80.4 Å². The Labute approximate surface area is 235 Å². The van der Waals surface area contributed by atoms with E-state index in [2.05, 4.69) is 21.2 Å². The van der Waals surface area contributed by atoms with Crippen LogP contribution in [0.4, 0.5) is 4.39 Å². The van der Waals surface area contributed by atoms with Gasteiger partial charge in [-0.2, -0.15) is 11.8 Å². The van der Waals surface area contributed by atoms with Crippen LogP contribution in [0.15, 0.2) is 63.4 Å². The lowest BCUT2D eigenvalue weighted by molar-refractivity contribution is -0.138. The normalized spacial score (nSPS) is 19.2. The minimum atomic E-state index is -0.659. The largest absolute Gasteiger partial charge is 0.493 e. The summed E-state index contributed by atoms with van der Waals surface area (Å²) in [4.78, 5) is 27.1. The van der Waals surface area contributed by atoms with Crippen molar-refractivity contribution >= 4 is 39.4 Å². The fourth-order valence-electron chi connectivity index (χ4n) is 5.09. The van der Waals surface area contributed by atoms with Gasteiger partial charge in [0.1, 0.15) is 12.4 Å². The van der Waals surface area contributed by atoms with E-state index in [9.17, 15) is 14.0 Å². The zero-order valence-electron chi connectivity index (χ0n) is 21.9. The van der Waals surface area contributed by atoms with Gasteiger partial charge >= 0.3 is 5.97 Å². The zero-order valence-corrected chi connectivity index (χ0v) is 24.3. The maximum atomic E-state index is 14.1. The van der Waals surface area contributed by atoms with Crippen LogP contribution in [0.25, 0.3) is 0 Å². The van der Waals surface area contributed by atoms with Crippen molar-refractivity contribution in [1.29, 1.82) is 0 Å². The standard InChI is InChI=1S/C29H31BrFNO5S/c1-5-38-11-10-37-29(34)26-16(2)32-22-13-19(17-7-9-24(35-3)25(15-17)36-4)14-23(33)28(22)27(26)18-6-8-21(31)20(30)12-18/h6-9,12,15,19,27,32H,5,10-11,13-14H2,1-4H3. The monoisotopic (exact) mass is 603 g/mol. The van der Waals surface area contributed by atoms with Crippen molar-refractivity contribution in [3.8, 4) is 11.5 Å². The lowest BCUT2D eigenvalue weighted by Gasteiger charge is -2.37. The molecule has 1 aliphatic carbocycles. The average Bonchev–Trinajstić information content (AvgIpc) is 2.91. The first-order chi connectivity index (χ1) is 18.3. The van der Waals surface area contributed by atoms with E-state index in [0.29, 0.717) is 46.1 Å². The highest BCUT2D eigenvalue weighted by Crippen LogP contribution is 2.47. The van der Waals surface area contributed by atoms with E-state index in [1.165, 1.54) is 6.07 Å². The van der Waals surface area contributed by atoms with Gasteiger partial charge in [0.2, 0.25) is 0 Å². The maximum absolute atomic E-state index is 14.1. The van der Waals surface area contributed by atoms with E-state index in [1.54, 1.807) is 38.1 Å². The molecule has 6 nitrogen and oxygen atoms in total. The zero-order chi connectivity index (χ0) is 27.4. The predicted molar refractivity (Wildman–Crippen MR) is 150 cm³/mol. The van der Waals surface area contributed by atoms with Gasteiger partial charge in [-0.1, -0.05) is 19.1 Å². The summed E-state index contributed by atoms with van der Waals surface area (Å²) in [5.41, 5.74) is 3.91. The molecule has 202 valence electrons. The lowest BCUT2D eigenvalue weighted by atomic mass is 9.71. The number of hydrogen-bond donors (Lipinski definition) is 1. The third kappa shape index (κ3) is 5.78. The number of halogens is 2. The number of esters is 1. The summed E-state index contributed by atoms with van der Waals surface area (Å²) < 4.78 is 30.8. The van der Waals surface area contributed by atoms with E-state index in [0.717, 1.165) is 17.0 Å². The Kier molecular flexibility index (Phi) is 9.20. The third-order valence-corrected chi connectivity index (χ3v) is 8.34. The third-order valence-electron chi connectivity index (χ3n) is 6.87. The predicted octanol–water partition coefficient (Wildman–Crippen LogP) is 6.26. The fraction of sp³-hybridized carbons (Fsp3) is 0.379. The first kappa shape index (κ1) is 28.2. The number of ether oxygens (including phenoxy) is 3. The highest BCUT2D eigenvalue weighted by molar-refractivity contribution is 9.10. The molecule has 9 heteroatoms. The van der Waals surface area contributed by atoms with Gasteiger partial charge in [0.15, 0.2) is 17.3 Å². The van der Waals surface area contributed by atoms with Gasteiger partial charge in [-0.3, -0.25) is 4.79 Å². The molecule has 0 amide bonds. The second-order valence-corrected chi connectivity index (χ2v) is 11.4. The Morgan fingerprint density at radius 1 is 1.11 bits per heavy atom. The van der Waals surface area contributed by atoms with Crippen LogP contribution < -0.4 is 14.8 Å². The quantitative estimate of drug-likeness (QED) is 0.268. The molecule has 2 aliphatic rings. The molecule has 0 fully saturated rings. The number of carbonyl (C=O) groups excluding carboxylic acids is 2. The average molecular weight is 605 g/mol. The number of nitrogens with one attached hydrogen (secondary N) is 1. The smallest absolute Gasteiger partial charge is 0.336 e. The molecule has 4 rings (SSSR count). The second-order valence-electron chi connectivity index (χ2n) is 9.14. The Morgan fingerprint density at radius 2 is 1.84 bits per heavy atom. The van der Waals surface area contributed by atoms with Crippen molar-refractivity contribution in [2.45, 2.75) is 38.5 Å². The van der Waals surface area contributed by atoms with E-state index in [4.69, 9.17) is 14.2 Å². The first-order valence-electron chi connectivity index (χ1n) is 12.4. The minimum absolute atomic E-state index is 0.0664. The molecule has 2 aromatic carbocycles. The molecule has 0 radical (unpaired) electrons. The van der Waals surface area contributed by atoms with E-state index in [1.807, 2.05) is 32.0 Å². The molecule has 0 spiro atoms. The van der Waals surface area contributed by atoms with Crippen LogP contribution in [0.1, 0.15) is 49.7 Å². The van der Waals surface area contributed by atoms with Gasteiger partial charge in [-0.15, -0.1) is 0 Å². The van der Waals surface area contributed by atoms with Gasteiger partial charge in [0, 0.05) is 35.1 Å². The number of hydrogen-bond acceptors (Lipinski definition) is 7. The summed E-state index contributed by atoms with van der Waals surface area (Å²) in [6.07, 6.45) is 0.839. The topological polar surface area (TPSA) is 73.9 Å². The number of thioether (sulfide) groups is 1. The second kappa shape index (κ2) is 12.4. The van der Waals surface area contributed by atoms with Gasteiger partial charge in [0.25, 0.3) is 0 Å². The molecule has 1 N–H and O–H groups in total. The maximum Gasteiger partial charge on any atom is 0.336 e. The van der Waals surface area contributed by atoms with Crippen LogP contribution in [0.2, 0.25) is 0 Å². The summed E-state index contributed by atoms with van der Waals surface area (Å²) in [7, 11) is 3.16. The highest BCUT2D eigenvalue weighted by Gasteiger charge is 2.41. The Bertz CT molecular complexity index is 1310. The number of methoxy groups -OCH3 is 2. The van der Waals surface area contributed by atoms with Crippen LogP contribution in [0, 0.1) is 5.82 Å². The van der Waals surface area contributed by atoms with Gasteiger partial charge in [-0.05, 0) is 76.3 Å². The summed E-state index contributed by atoms with van der Waals surface area (Å²) in [5, 5.41) is 3.35. The number of dihydropyridines is 1. The molecule has 0 bridgehead atoms. The van der Waals surface area contributed by atoms with Gasteiger partial charge in [-0.25, -0.2) is 9.18 Å². The molecule has 1 aliphatic heterocycles. The molecular formula is C29H31BrFNO5S. The van der Waals surface area contributed by atoms with Crippen molar-refractivity contribution in [2.24, 2.45) is 0 Å². The number of Topliss-reactive ketones (excluding diaryl/α,β-unsaturated/α-hetero) is 1. The molecule has 2 unspecified atom stereocenters. The van der Waals surface area contributed by atoms with Crippen LogP contribution in [-0.2, 0) is 14.3 Å². The Balaban J connectivity index is 1.73. The summed E-state index contributed by atoms with van der Waals surface area (Å²) in [5.74, 6) is 1.15. The number of benzene rings is 2. The van der Waals surface area contributed by atoms with E-state index < -0.39 is 17.7 Å². The molecule has 0 aromatic heterocycles. The minimum Gasteiger partial charge on any atom is -0.493 e. The Hall–Kier alpha value is -2.78. The molecular weight excluding hydrogens is 573 g/mol. The number of rotatable bonds is 9. The van der Waals surface area contributed by atoms with Gasteiger partial charge in [0.05, 0.1) is 24.3 Å². The van der Waals surface area contributed by atoms with Crippen LogP contribution in [0.3, 0.4) is 0 Å². The summed E-state index contributed by atoms with van der Waals surface area (Å²) >= 11 is 4.95. The van der Waals surface area contributed by atoms with Gasteiger partial charge < -0.3 is 19.5 Å². The Morgan fingerprint density at radius 3 is 2.53 bits per heavy atom.